The fourth-order valence-electron chi connectivity index (χ4n) is 2.01. The highest BCUT2D eigenvalue weighted by molar-refractivity contribution is 5.92. The van der Waals surface area contributed by atoms with Crippen LogP contribution in [0, 0.1) is 6.92 Å². The molecule has 0 bridgehead atoms. The summed E-state index contributed by atoms with van der Waals surface area (Å²) in [5, 5.41) is 5.40. The van der Waals surface area contributed by atoms with Crippen LogP contribution in [0.5, 0.6) is 11.5 Å². The average molecular weight is 312 g/mol. The first-order chi connectivity index (χ1) is 11.1. The van der Waals surface area contributed by atoms with E-state index in [1.807, 2.05) is 43.3 Å². The molecule has 0 aliphatic rings. The Hall–Kier alpha value is -2.82. The summed E-state index contributed by atoms with van der Waals surface area (Å²) in [6.45, 7) is 3.69. The molecule has 2 amide bonds. The molecule has 0 radical (unpaired) electrons. The lowest BCUT2D eigenvalue weighted by molar-refractivity contribution is -0.119. The predicted molar refractivity (Wildman–Crippen MR) is 89.6 cm³/mol. The van der Waals surface area contributed by atoms with Crippen molar-refractivity contribution < 1.29 is 14.3 Å². The molecule has 5 heteroatoms. The summed E-state index contributed by atoms with van der Waals surface area (Å²) >= 11 is 0. The van der Waals surface area contributed by atoms with Crippen LogP contribution in [-0.4, -0.2) is 18.4 Å². The molecule has 0 saturated carbocycles. The van der Waals surface area contributed by atoms with Gasteiger partial charge in [0.25, 0.3) is 0 Å². The molecule has 5 nitrogen and oxygen atoms in total. The highest BCUT2D eigenvalue weighted by Gasteiger charge is 2.09. The smallest absolute Gasteiger partial charge is 0.226 e. The SMILES string of the molecule is CC(=O)NCCC(=O)Nc1ccccc1Oc1ccccc1C. The molecule has 0 aliphatic carbocycles. The normalized spacial score (nSPS) is 10.0. The van der Waals surface area contributed by atoms with Gasteiger partial charge in [-0.25, -0.2) is 0 Å². The van der Waals surface area contributed by atoms with Crippen molar-refractivity contribution in [2.75, 3.05) is 11.9 Å². The predicted octanol–water partition coefficient (Wildman–Crippen LogP) is 3.25. The fourth-order valence-corrected chi connectivity index (χ4v) is 2.01. The first-order valence-electron chi connectivity index (χ1n) is 7.43. The zero-order valence-corrected chi connectivity index (χ0v) is 13.3. The number of hydrogen-bond acceptors (Lipinski definition) is 3. The molecule has 2 N–H and O–H groups in total. The van der Waals surface area contributed by atoms with Gasteiger partial charge >= 0.3 is 0 Å². The average Bonchev–Trinajstić information content (AvgIpc) is 2.51. The third-order valence-corrected chi connectivity index (χ3v) is 3.20. The summed E-state index contributed by atoms with van der Waals surface area (Å²) in [4.78, 5) is 22.8. The van der Waals surface area contributed by atoms with Gasteiger partial charge < -0.3 is 15.4 Å². The van der Waals surface area contributed by atoms with E-state index in [1.54, 1.807) is 12.1 Å². The van der Waals surface area contributed by atoms with Crippen LogP contribution >= 0.6 is 0 Å². The number of carbonyl (C=O) groups is 2. The molecule has 2 rings (SSSR count). The Morgan fingerprint density at radius 3 is 2.35 bits per heavy atom. The largest absolute Gasteiger partial charge is 0.455 e. The molecule has 2 aromatic carbocycles. The van der Waals surface area contributed by atoms with Crippen molar-refractivity contribution in [3.8, 4) is 11.5 Å². The van der Waals surface area contributed by atoms with Crippen molar-refractivity contribution in [3.05, 3.63) is 54.1 Å². The Labute approximate surface area is 135 Å². The third kappa shape index (κ3) is 5.14. The number of rotatable bonds is 6. The molecule has 0 aliphatic heterocycles. The number of carbonyl (C=O) groups excluding carboxylic acids is 2. The van der Waals surface area contributed by atoms with E-state index in [-0.39, 0.29) is 18.2 Å². The molecular formula is C18H20N2O3. The van der Waals surface area contributed by atoms with Gasteiger partial charge in [-0.05, 0) is 30.7 Å². The maximum atomic E-state index is 11.9. The van der Waals surface area contributed by atoms with E-state index in [4.69, 9.17) is 4.74 Å². The van der Waals surface area contributed by atoms with Crippen molar-refractivity contribution in [1.29, 1.82) is 0 Å². The third-order valence-electron chi connectivity index (χ3n) is 3.20. The van der Waals surface area contributed by atoms with Crippen molar-refractivity contribution in [1.82, 2.24) is 5.32 Å². The van der Waals surface area contributed by atoms with Crippen LogP contribution in [0.1, 0.15) is 18.9 Å². The van der Waals surface area contributed by atoms with E-state index in [0.717, 1.165) is 11.3 Å². The molecule has 0 heterocycles. The molecule has 0 unspecified atom stereocenters. The number of benzene rings is 2. The van der Waals surface area contributed by atoms with Crippen LogP contribution in [0.4, 0.5) is 5.69 Å². The second-order valence-corrected chi connectivity index (χ2v) is 5.14. The van der Waals surface area contributed by atoms with Gasteiger partial charge in [-0.1, -0.05) is 30.3 Å². The monoisotopic (exact) mass is 312 g/mol. The number of anilines is 1. The van der Waals surface area contributed by atoms with E-state index < -0.39 is 0 Å². The van der Waals surface area contributed by atoms with E-state index in [0.29, 0.717) is 18.0 Å². The lowest BCUT2D eigenvalue weighted by atomic mass is 10.2. The zero-order chi connectivity index (χ0) is 16.7. The Morgan fingerprint density at radius 1 is 1.00 bits per heavy atom. The summed E-state index contributed by atoms with van der Waals surface area (Å²) in [6, 6.07) is 14.9. The minimum absolute atomic E-state index is 0.152. The fraction of sp³-hybridized carbons (Fsp3) is 0.222. The van der Waals surface area contributed by atoms with Gasteiger partial charge in [0.1, 0.15) is 5.75 Å². The van der Waals surface area contributed by atoms with E-state index in [2.05, 4.69) is 10.6 Å². The number of nitrogens with one attached hydrogen (secondary N) is 2. The molecule has 23 heavy (non-hydrogen) atoms. The quantitative estimate of drug-likeness (QED) is 0.860. The van der Waals surface area contributed by atoms with Gasteiger partial charge in [-0.15, -0.1) is 0 Å². The van der Waals surface area contributed by atoms with Crippen LogP contribution in [0.25, 0.3) is 0 Å². The zero-order valence-electron chi connectivity index (χ0n) is 13.3. The Morgan fingerprint density at radius 2 is 1.65 bits per heavy atom. The number of hydrogen-bond donors (Lipinski definition) is 2. The first-order valence-corrected chi connectivity index (χ1v) is 7.43. The summed E-state index contributed by atoms with van der Waals surface area (Å²) < 4.78 is 5.90. The van der Waals surface area contributed by atoms with E-state index in [1.165, 1.54) is 6.92 Å². The van der Waals surface area contributed by atoms with Crippen LogP contribution in [-0.2, 0) is 9.59 Å². The molecule has 0 spiro atoms. The van der Waals surface area contributed by atoms with Gasteiger partial charge in [0.2, 0.25) is 11.8 Å². The number of para-hydroxylation sites is 3. The van der Waals surface area contributed by atoms with Gasteiger partial charge in [0.15, 0.2) is 5.75 Å². The van der Waals surface area contributed by atoms with Gasteiger partial charge in [-0.3, -0.25) is 9.59 Å². The molecule has 0 saturated heterocycles. The second-order valence-electron chi connectivity index (χ2n) is 5.14. The molecular weight excluding hydrogens is 292 g/mol. The number of ether oxygens (including phenoxy) is 1. The van der Waals surface area contributed by atoms with Crippen molar-refractivity contribution in [3.63, 3.8) is 0 Å². The summed E-state index contributed by atoms with van der Waals surface area (Å²) in [5.74, 6) is 0.989. The Bertz CT molecular complexity index is 698. The number of aryl methyl sites for hydroxylation is 1. The van der Waals surface area contributed by atoms with Crippen LogP contribution in [0.15, 0.2) is 48.5 Å². The molecule has 120 valence electrons. The number of amides is 2. The minimum Gasteiger partial charge on any atom is -0.455 e. The van der Waals surface area contributed by atoms with Crippen LogP contribution in [0.2, 0.25) is 0 Å². The maximum absolute atomic E-state index is 11.9. The minimum atomic E-state index is -0.181. The van der Waals surface area contributed by atoms with Crippen molar-refractivity contribution in [2.45, 2.75) is 20.3 Å². The second kappa shape index (κ2) is 7.98. The summed E-state index contributed by atoms with van der Waals surface area (Å²) in [5.41, 5.74) is 1.61. The molecule has 2 aromatic rings. The lowest BCUT2D eigenvalue weighted by Gasteiger charge is -2.13. The maximum Gasteiger partial charge on any atom is 0.226 e. The first kappa shape index (κ1) is 16.5. The topological polar surface area (TPSA) is 67.4 Å². The van der Waals surface area contributed by atoms with Crippen molar-refractivity contribution >= 4 is 17.5 Å². The lowest BCUT2D eigenvalue weighted by Crippen LogP contribution is -2.25. The van der Waals surface area contributed by atoms with Crippen molar-refractivity contribution in [2.24, 2.45) is 0 Å². The Balaban J connectivity index is 2.04. The molecule has 0 atom stereocenters. The van der Waals surface area contributed by atoms with Gasteiger partial charge in [0.05, 0.1) is 5.69 Å². The highest BCUT2D eigenvalue weighted by Crippen LogP contribution is 2.30. The van der Waals surface area contributed by atoms with E-state index >= 15 is 0 Å². The Kier molecular flexibility index (Phi) is 5.74. The summed E-state index contributed by atoms with van der Waals surface area (Å²) in [6.07, 6.45) is 0.207. The standard InChI is InChI=1S/C18H20N2O3/c1-13-7-3-5-9-16(13)23-17-10-6-4-8-15(17)20-18(22)11-12-19-14(2)21/h3-10H,11-12H2,1-2H3,(H,19,21)(H,20,22). The highest BCUT2D eigenvalue weighted by atomic mass is 16.5. The van der Waals surface area contributed by atoms with Crippen LogP contribution < -0.4 is 15.4 Å². The molecule has 0 aromatic heterocycles. The van der Waals surface area contributed by atoms with E-state index in [9.17, 15) is 9.59 Å². The van der Waals surface area contributed by atoms with Crippen LogP contribution in [0.3, 0.4) is 0 Å². The molecule has 0 fully saturated rings. The summed E-state index contributed by atoms with van der Waals surface area (Å²) in [7, 11) is 0. The van der Waals surface area contributed by atoms with Gasteiger partial charge in [0, 0.05) is 19.9 Å². The van der Waals surface area contributed by atoms with Gasteiger partial charge in [-0.2, -0.15) is 0 Å².